The van der Waals surface area contributed by atoms with Gasteiger partial charge in [-0.15, -0.1) is 0 Å². The molecule has 2 fully saturated rings. The lowest BCUT2D eigenvalue weighted by atomic mass is 10.1. The molecule has 16 heavy (non-hydrogen) atoms. The van der Waals surface area contributed by atoms with Crippen LogP contribution in [-0.4, -0.2) is 43.5 Å². The molecule has 1 aliphatic heterocycles. The topological polar surface area (TPSA) is 27.7 Å². The highest BCUT2D eigenvalue weighted by molar-refractivity contribution is 9.09. The number of hydrogen-bond donors (Lipinski definition) is 0. The molecule has 0 spiro atoms. The van der Waals surface area contributed by atoms with E-state index in [0.717, 1.165) is 25.0 Å². The van der Waals surface area contributed by atoms with Crippen LogP contribution in [0, 0.1) is 0 Å². The van der Waals surface area contributed by atoms with E-state index in [9.17, 15) is 0 Å². The zero-order chi connectivity index (χ0) is 11.3. The third kappa shape index (κ3) is 3.42. The SMILES string of the molecule is BrCC1(OCCOC2CCOC2)CCCC1. The van der Waals surface area contributed by atoms with Gasteiger partial charge in [0.25, 0.3) is 0 Å². The van der Waals surface area contributed by atoms with Crippen LogP contribution in [0.4, 0.5) is 0 Å². The van der Waals surface area contributed by atoms with Crippen molar-refractivity contribution in [1.29, 1.82) is 0 Å². The fourth-order valence-electron chi connectivity index (χ4n) is 2.45. The molecule has 2 aliphatic rings. The average Bonchev–Trinajstić information content (AvgIpc) is 2.97. The van der Waals surface area contributed by atoms with Gasteiger partial charge >= 0.3 is 0 Å². The fourth-order valence-corrected chi connectivity index (χ4v) is 3.18. The van der Waals surface area contributed by atoms with Crippen molar-refractivity contribution in [3.63, 3.8) is 0 Å². The van der Waals surface area contributed by atoms with E-state index in [1.165, 1.54) is 25.7 Å². The molecule has 1 atom stereocenters. The molecule has 1 saturated heterocycles. The molecule has 0 N–H and O–H groups in total. The minimum absolute atomic E-state index is 0.0928. The van der Waals surface area contributed by atoms with Crippen molar-refractivity contribution in [3.05, 3.63) is 0 Å². The molecule has 1 saturated carbocycles. The third-order valence-corrected chi connectivity index (χ3v) is 4.51. The smallest absolute Gasteiger partial charge is 0.0831 e. The van der Waals surface area contributed by atoms with Crippen LogP contribution >= 0.6 is 15.9 Å². The Bertz CT molecular complexity index is 198. The summed E-state index contributed by atoms with van der Waals surface area (Å²) in [5, 5.41) is 0.951. The van der Waals surface area contributed by atoms with Crippen molar-refractivity contribution in [1.82, 2.24) is 0 Å². The summed E-state index contributed by atoms with van der Waals surface area (Å²) < 4.78 is 16.9. The molecule has 0 bridgehead atoms. The summed E-state index contributed by atoms with van der Waals surface area (Å²) in [4.78, 5) is 0. The minimum atomic E-state index is 0.0928. The lowest BCUT2D eigenvalue weighted by molar-refractivity contribution is -0.0628. The maximum Gasteiger partial charge on any atom is 0.0831 e. The zero-order valence-corrected chi connectivity index (χ0v) is 11.3. The summed E-state index contributed by atoms with van der Waals surface area (Å²) >= 11 is 3.57. The molecule has 0 aromatic heterocycles. The van der Waals surface area contributed by atoms with Crippen LogP contribution in [0.5, 0.6) is 0 Å². The van der Waals surface area contributed by atoms with Gasteiger partial charge in [0.2, 0.25) is 0 Å². The molecule has 0 aromatic rings. The van der Waals surface area contributed by atoms with Crippen LogP contribution in [0.1, 0.15) is 32.1 Å². The first kappa shape index (κ1) is 12.8. The summed E-state index contributed by atoms with van der Waals surface area (Å²) in [6.45, 7) is 3.01. The minimum Gasteiger partial charge on any atom is -0.379 e. The summed E-state index contributed by atoms with van der Waals surface area (Å²) in [6, 6.07) is 0. The zero-order valence-electron chi connectivity index (χ0n) is 9.75. The van der Waals surface area contributed by atoms with E-state index >= 15 is 0 Å². The third-order valence-electron chi connectivity index (χ3n) is 3.49. The summed E-state index contributed by atoms with van der Waals surface area (Å²) in [7, 11) is 0. The standard InChI is InChI=1S/C12H21BrO3/c13-10-12(4-1-2-5-12)16-8-7-15-11-3-6-14-9-11/h11H,1-10H2. The average molecular weight is 293 g/mol. The number of alkyl halides is 1. The van der Waals surface area contributed by atoms with Crippen LogP contribution in [0.15, 0.2) is 0 Å². The molecule has 3 nitrogen and oxygen atoms in total. The maximum absolute atomic E-state index is 5.99. The van der Waals surface area contributed by atoms with Crippen LogP contribution < -0.4 is 0 Å². The van der Waals surface area contributed by atoms with Crippen molar-refractivity contribution in [3.8, 4) is 0 Å². The number of ether oxygens (including phenoxy) is 3. The second-order valence-electron chi connectivity index (χ2n) is 4.73. The van der Waals surface area contributed by atoms with Gasteiger partial charge in [-0.2, -0.15) is 0 Å². The summed E-state index contributed by atoms with van der Waals surface area (Å²) in [6.07, 6.45) is 6.29. The number of halogens is 1. The molecule has 94 valence electrons. The Hall–Kier alpha value is 0.360. The van der Waals surface area contributed by atoms with E-state index in [1.54, 1.807) is 0 Å². The van der Waals surface area contributed by atoms with Gasteiger partial charge in [0, 0.05) is 11.9 Å². The monoisotopic (exact) mass is 292 g/mol. The van der Waals surface area contributed by atoms with E-state index < -0.39 is 0 Å². The highest BCUT2D eigenvalue weighted by Crippen LogP contribution is 2.34. The van der Waals surface area contributed by atoms with Crippen molar-refractivity contribution >= 4 is 15.9 Å². The van der Waals surface area contributed by atoms with Gasteiger partial charge < -0.3 is 14.2 Å². The van der Waals surface area contributed by atoms with E-state index in [1.807, 2.05) is 0 Å². The predicted molar refractivity (Wildman–Crippen MR) is 66.1 cm³/mol. The molecule has 0 radical (unpaired) electrons. The summed E-state index contributed by atoms with van der Waals surface area (Å²) in [5.74, 6) is 0. The number of hydrogen-bond acceptors (Lipinski definition) is 3. The maximum atomic E-state index is 5.99. The van der Waals surface area contributed by atoms with Gasteiger partial charge in [-0.25, -0.2) is 0 Å². The van der Waals surface area contributed by atoms with Crippen molar-refractivity contribution in [2.24, 2.45) is 0 Å². The van der Waals surface area contributed by atoms with E-state index in [-0.39, 0.29) is 5.60 Å². The predicted octanol–water partition coefficient (Wildman–Crippen LogP) is 2.52. The molecular weight excluding hydrogens is 272 g/mol. The molecular formula is C12H21BrO3. The fraction of sp³-hybridized carbons (Fsp3) is 1.00. The van der Waals surface area contributed by atoms with Crippen molar-refractivity contribution in [2.45, 2.75) is 43.8 Å². The first-order chi connectivity index (χ1) is 7.85. The Morgan fingerprint density at radius 2 is 2.06 bits per heavy atom. The Morgan fingerprint density at radius 3 is 2.69 bits per heavy atom. The Morgan fingerprint density at radius 1 is 1.25 bits per heavy atom. The Labute approximate surface area is 106 Å². The van der Waals surface area contributed by atoms with E-state index in [4.69, 9.17) is 14.2 Å². The van der Waals surface area contributed by atoms with Crippen LogP contribution in [0.3, 0.4) is 0 Å². The van der Waals surface area contributed by atoms with Gasteiger partial charge in [-0.1, -0.05) is 28.8 Å². The van der Waals surface area contributed by atoms with Gasteiger partial charge in [-0.05, 0) is 19.3 Å². The second kappa shape index (κ2) is 6.34. The first-order valence-electron chi connectivity index (χ1n) is 6.24. The lowest BCUT2D eigenvalue weighted by Gasteiger charge is -2.27. The molecule has 1 unspecified atom stereocenters. The quantitative estimate of drug-likeness (QED) is 0.556. The van der Waals surface area contributed by atoms with E-state index in [0.29, 0.717) is 19.3 Å². The van der Waals surface area contributed by atoms with Crippen LogP contribution in [-0.2, 0) is 14.2 Å². The summed E-state index contributed by atoms with van der Waals surface area (Å²) in [5.41, 5.74) is 0.0928. The second-order valence-corrected chi connectivity index (χ2v) is 5.29. The van der Waals surface area contributed by atoms with Gasteiger partial charge in [0.05, 0.1) is 31.5 Å². The van der Waals surface area contributed by atoms with E-state index in [2.05, 4.69) is 15.9 Å². The van der Waals surface area contributed by atoms with Crippen molar-refractivity contribution < 1.29 is 14.2 Å². The highest BCUT2D eigenvalue weighted by atomic mass is 79.9. The van der Waals surface area contributed by atoms with Gasteiger partial charge in [0.1, 0.15) is 0 Å². The van der Waals surface area contributed by atoms with Crippen LogP contribution in [0.25, 0.3) is 0 Å². The normalized spacial score (nSPS) is 28.7. The molecule has 2 rings (SSSR count). The highest BCUT2D eigenvalue weighted by Gasteiger charge is 2.33. The molecule has 1 aliphatic carbocycles. The Balaban J connectivity index is 1.59. The van der Waals surface area contributed by atoms with Gasteiger partial charge in [-0.3, -0.25) is 0 Å². The van der Waals surface area contributed by atoms with Gasteiger partial charge in [0.15, 0.2) is 0 Å². The largest absolute Gasteiger partial charge is 0.379 e. The lowest BCUT2D eigenvalue weighted by Crippen LogP contribution is -2.32. The number of rotatable bonds is 6. The van der Waals surface area contributed by atoms with Crippen LogP contribution in [0.2, 0.25) is 0 Å². The molecule has 0 aromatic carbocycles. The molecule has 4 heteroatoms. The molecule has 0 amide bonds. The van der Waals surface area contributed by atoms with Crippen molar-refractivity contribution in [2.75, 3.05) is 31.8 Å². The molecule has 1 heterocycles. The first-order valence-corrected chi connectivity index (χ1v) is 7.36. The Kier molecular flexibility index (Phi) is 5.07.